The first kappa shape index (κ1) is 19.3. The van der Waals surface area contributed by atoms with Gasteiger partial charge in [0.25, 0.3) is 0 Å². The van der Waals surface area contributed by atoms with E-state index >= 15 is 0 Å². The number of carbonyl (C=O) groups is 2. The van der Waals surface area contributed by atoms with Crippen LogP contribution in [0.3, 0.4) is 0 Å². The van der Waals surface area contributed by atoms with Crippen LogP contribution in [0.5, 0.6) is 0 Å². The first-order valence-electron chi connectivity index (χ1n) is 8.01. The monoisotopic (exact) mass is 437 g/mol. The smallest absolute Gasteiger partial charge is 0.380 e. The highest BCUT2D eigenvalue weighted by atomic mass is 79.9. The lowest BCUT2D eigenvalue weighted by Crippen LogP contribution is -2.57. The molecule has 0 aromatic heterocycles. The van der Waals surface area contributed by atoms with Crippen molar-refractivity contribution in [1.29, 1.82) is 0 Å². The van der Waals surface area contributed by atoms with Gasteiger partial charge in [-0.15, -0.1) is 0 Å². The first-order chi connectivity index (χ1) is 11.9. The van der Waals surface area contributed by atoms with Crippen LogP contribution >= 0.6 is 15.9 Å². The molecule has 1 atom stereocenters. The minimum atomic E-state index is -4.79. The fourth-order valence-electron chi connectivity index (χ4n) is 3.77. The predicted molar refractivity (Wildman–Crippen MR) is 86.9 cm³/mol. The Morgan fingerprint density at radius 2 is 1.77 bits per heavy atom. The number of carbonyl (C=O) groups excluding carboxylic acids is 2. The number of halogens is 5. The number of ketones is 1. The molecule has 1 aromatic rings. The Morgan fingerprint density at radius 1 is 1.19 bits per heavy atom. The second-order valence-corrected chi connectivity index (χ2v) is 7.88. The number of nitrogens with one attached hydrogen (secondary N) is 1. The summed E-state index contributed by atoms with van der Waals surface area (Å²) >= 11 is 3.02. The molecule has 0 radical (unpaired) electrons. The Balaban J connectivity index is 1.90. The maximum absolute atomic E-state index is 13.6. The second-order valence-electron chi connectivity index (χ2n) is 7.02. The number of benzene rings is 1. The van der Waals surface area contributed by atoms with Crippen LogP contribution in [0.15, 0.2) is 16.6 Å². The predicted octanol–water partition coefficient (Wildman–Crippen LogP) is 3.29. The number of rotatable bonds is 1. The molecule has 9 heteroatoms. The summed E-state index contributed by atoms with van der Waals surface area (Å²) in [6.45, 7) is 1.56. The van der Waals surface area contributed by atoms with Crippen LogP contribution in [0.2, 0.25) is 0 Å². The lowest BCUT2D eigenvalue weighted by molar-refractivity contribution is -0.272. The molecule has 26 heavy (non-hydrogen) atoms. The molecular formula is C17H16BrF4NO3. The zero-order valence-electron chi connectivity index (χ0n) is 13.7. The van der Waals surface area contributed by atoms with E-state index in [1.165, 1.54) is 12.1 Å². The third-order valence-electron chi connectivity index (χ3n) is 5.44. The van der Waals surface area contributed by atoms with E-state index in [0.717, 1.165) is 0 Å². The molecule has 1 amide bonds. The number of hydrogen-bond acceptors (Lipinski definition) is 3. The third kappa shape index (κ3) is 2.85. The number of aryl methyl sites for hydroxylation is 1. The first-order valence-corrected chi connectivity index (χ1v) is 8.80. The van der Waals surface area contributed by atoms with E-state index in [2.05, 4.69) is 21.2 Å². The lowest BCUT2D eigenvalue weighted by Gasteiger charge is -2.41. The molecule has 1 aromatic carbocycles. The van der Waals surface area contributed by atoms with Gasteiger partial charge in [0.2, 0.25) is 5.91 Å². The van der Waals surface area contributed by atoms with Gasteiger partial charge in [-0.1, -0.05) is 0 Å². The van der Waals surface area contributed by atoms with Crippen molar-refractivity contribution in [3.05, 3.63) is 33.5 Å². The van der Waals surface area contributed by atoms with E-state index in [-0.39, 0.29) is 17.3 Å². The standard InChI is InChI=1S/C17H16BrF4NO3/c1-8-6-11(19)10(18)7-9(8)12-13(24)15(23-14(12)25)2-4-16(26,5-3-15)17(20,21)22/h6-7,12,26H,2-5H2,1H3,(H,23,25). The Morgan fingerprint density at radius 3 is 2.31 bits per heavy atom. The van der Waals surface area contributed by atoms with Gasteiger partial charge in [-0.25, -0.2) is 4.39 Å². The molecule has 1 saturated heterocycles. The van der Waals surface area contributed by atoms with Gasteiger partial charge < -0.3 is 10.4 Å². The molecule has 4 nitrogen and oxygen atoms in total. The Bertz CT molecular complexity index is 785. The summed E-state index contributed by atoms with van der Waals surface area (Å²) in [6, 6.07) is 2.54. The van der Waals surface area contributed by atoms with E-state index in [0.29, 0.717) is 11.1 Å². The number of aliphatic hydroxyl groups is 1. The third-order valence-corrected chi connectivity index (χ3v) is 6.04. The van der Waals surface area contributed by atoms with Crippen molar-refractivity contribution >= 4 is 27.6 Å². The van der Waals surface area contributed by atoms with Crippen molar-refractivity contribution in [2.75, 3.05) is 0 Å². The van der Waals surface area contributed by atoms with Crippen LogP contribution in [0.25, 0.3) is 0 Å². The van der Waals surface area contributed by atoms with Gasteiger partial charge in [-0.3, -0.25) is 9.59 Å². The summed E-state index contributed by atoms with van der Waals surface area (Å²) in [4.78, 5) is 25.4. The van der Waals surface area contributed by atoms with Gasteiger partial charge in [-0.05, 0) is 71.8 Å². The summed E-state index contributed by atoms with van der Waals surface area (Å²) < 4.78 is 52.7. The highest BCUT2D eigenvalue weighted by Gasteiger charge is 2.62. The van der Waals surface area contributed by atoms with Crippen LogP contribution in [0.4, 0.5) is 17.6 Å². The van der Waals surface area contributed by atoms with Crippen molar-refractivity contribution < 1.29 is 32.3 Å². The van der Waals surface area contributed by atoms with Crippen molar-refractivity contribution in [2.24, 2.45) is 0 Å². The fourth-order valence-corrected chi connectivity index (χ4v) is 4.13. The minimum absolute atomic E-state index is 0.0924. The topological polar surface area (TPSA) is 66.4 Å². The molecule has 3 rings (SSSR count). The Kier molecular flexibility index (Phi) is 4.46. The molecular weight excluding hydrogens is 422 g/mol. The summed E-state index contributed by atoms with van der Waals surface area (Å²) in [6.07, 6.45) is -6.72. The summed E-state index contributed by atoms with van der Waals surface area (Å²) in [5, 5.41) is 12.3. The molecule has 1 spiro atoms. The largest absolute Gasteiger partial charge is 0.417 e. The normalized spacial score (nSPS) is 32.2. The highest BCUT2D eigenvalue weighted by molar-refractivity contribution is 9.10. The highest BCUT2D eigenvalue weighted by Crippen LogP contribution is 2.48. The van der Waals surface area contributed by atoms with Gasteiger partial charge in [-0.2, -0.15) is 13.2 Å². The molecule has 2 N–H and O–H groups in total. The maximum Gasteiger partial charge on any atom is 0.417 e. The Labute approximate surface area is 155 Å². The molecule has 1 unspecified atom stereocenters. The molecule has 1 saturated carbocycles. The average Bonchev–Trinajstić information content (AvgIpc) is 2.76. The van der Waals surface area contributed by atoms with Crippen LogP contribution in [-0.2, 0) is 9.59 Å². The number of alkyl halides is 3. The SMILES string of the molecule is Cc1cc(F)c(Br)cc1C1C(=O)NC2(CCC(O)(C(F)(F)F)CC2)C1=O. The molecule has 2 fully saturated rings. The van der Waals surface area contributed by atoms with E-state index in [1.807, 2.05) is 0 Å². The molecule has 2 aliphatic rings. The quantitative estimate of drug-likeness (QED) is 0.523. The molecule has 1 heterocycles. The van der Waals surface area contributed by atoms with Crippen LogP contribution in [-0.4, -0.2) is 34.1 Å². The van der Waals surface area contributed by atoms with Crippen molar-refractivity contribution in [3.63, 3.8) is 0 Å². The number of Topliss-reactive ketones (excluding diaryl/α,β-unsaturated/α-hetero) is 1. The van der Waals surface area contributed by atoms with E-state index < -0.39 is 53.6 Å². The van der Waals surface area contributed by atoms with Crippen LogP contribution in [0.1, 0.15) is 42.7 Å². The van der Waals surface area contributed by atoms with Crippen molar-refractivity contribution in [2.45, 2.75) is 55.8 Å². The van der Waals surface area contributed by atoms with Crippen molar-refractivity contribution in [1.82, 2.24) is 5.32 Å². The lowest BCUT2D eigenvalue weighted by atomic mass is 9.71. The molecule has 1 aliphatic carbocycles. The van der Waals surface area contributed by atoms with Crippen LogP contribution in [0, 0.1) is 12.7 Å². The molecule has 1 aliphatic heterocycles. The van der Waals surface area contributed by atoms with E-state index in [9.17, 15) is 32.3 Å². The zero-order chi connectivity index (χ0) is 19.5. The van der Waals surface area contributed by atoms with Crippen molar-refractivity contribution in [3.8, 4) is 0 Å². The number of amides is 1. The average molecular weight is 438 g/mol. The number of hydrogen-bond donors (Lipinski definition) is 2. The van der Waals surface area contributed by atoms with E-state index in [4.69, 9.17) is 0 Å². The summed E-state index contributed by atoms with van der Waals surface area (Å²) in [5.74, 6) is -2.90. The van der Waals surface area contributed by atoms with Crippen LogP contribution < -0.4 is 5.32 Å². The molecule has 142 valence electrons. The zero-order valence-corrected chi connectivity index (χ0v) is 15.3. The Hall–Kier alpha value is -1.48. The van der Waals surface area contributed by atoms with Gasteiger partial charge in [0.05, 0.1) is 10.0 Å². The summed E-state index contributed by atoms with van der Waals surface area (Å²) in [5.41, 5.74) is -3.56. The van der Waals surface area contributed by atoms with Gasteiger partial charge in [0.15, 0.2) is 11.4 Å². The minimum Gasteiger partial charge on any atom is -0.380 e. The van der Waals surface area contributed by atoms with Gasteiger partial charge in [0.1, 0.15) is 11.7 Å². The second kappa shape index (κ2) is 6.02. The summed E-state index contributed by atoms with van der Waals surface area (Å²) in [7, 11) is 0. The van der Waals surface area contributed by atoms with E-state index in [1.54, 1.807) is 6.92 Å². The molecule has 0 bridgehead atoms. The van der Waals surface area contributed by atoms with Gasteiger partial charge in [0, 0.05) is 0 Å². The maximum atomic E-state index is 13.6. The van der Waals surface area contributed by atoms with Gasteiger partial charge >= 0.3 is 6.18 Å². The fraction of sp³-hybridized carbons (Fsp3) is 0.529.